The first-order chi connectivity index (χ1) is 13.2. The highest BCUT2D eigenvalue weighted by molar-refractivity contribution is 5.65. The van der Waals surface area contributed by atoms with Crippen LogP contribution in [0, 0.1) is 5.92 Å². The molecule has 1 atom stereocenters. The molecule has 27 heavy (non-hydrogen) atoms. The van der Waals surface area contributed by atoms with Crippen LogP contribution in [0.3, 0.4) is 0 Å². The Hall–Kier alpha value is -2.47. The number of likely N-dealkylation sites (N-methyl/N-ethyl adjacent to an activating group) is 1. The van der Waals surface area contributed by atoms with Crippen LogP contribution >= 0.6 is 0 Å². The number of nitrogens with zero attached hydrogens (tertiary/aromatic N) is 5. The minimum atomic E-state index is 0.511. The van der Waals surface area contributed by atoms with Crippen LogP contribution in [0.4, 0.5) is 5.82 Å². The average molecular weight is 364 g/mol. The second-order valence-corrected chi connectivity index (χ2v) is 7.67. The van der Waals surface area contributed by atoms with Gasteiger partial charge in [0.25, 0.3) is 5.78 Å². The molecule has 1 fully saturated rings. The summed E-state index contributed by atoms with van der Waals surface area (Å²) in [4.78, 5) is 11.3. The maximum atomic E-state index is 4.66. The van der Waals surface area contributed by atoms with Gasteiger partial charge in [0.2, 0.25) is 0 Å². The lowest BCUT2D eigenvalue weighted by Crippen LogP contribution is -2.41. The standard InChI is InChI=1S/C21H28N6/c1-26(2)19(17-11-7-4-8-12-17)14-22-20-13-18(16-9-5-3-6-10-16)25-21-23-15-24-27(20)21/h3,5-6,9-10,13,15,17,19,22H,4,7-8,11-12,14H2,1-2H3. The van der Waals surface area contributed by atoms with Crippen LogP contribution in [0.2, 0.25) is 0 Å². The number of hydrogen-bond donors (Lipinski definition) is 1. The van der Waals surface area contributed by atoms with Crippen molar-refractivity contribution < 1.29 is 0 Å². The van der Waals surface area contributed by atoms with Crippen molar-refractivity contribution in [2.45, 2.75) is 38.1 Å². The Morgan fingerprint density at radius 2 is 1.93 bits per heavy atom. The van der Waals surface area contributed by atoms with Crippen molar-refractivity contribution in [1.82, 2.24) is 24.5 Å². The zero-order chi connectivity index (χ0) is 18.6. The quantitative estimate of drug-likeness (QED) is 0.722. The molecule has 1 aliphatic rings. The summed E-state index contributed by atoms with van der Waals surface area (Å²) in [6.07, 6.45) is 8.32. The van der Waals surface area contributed by atoms with Gasteiger partial charge in [-0.3, -0.25) is 0 Å². The Bertz CT molecular complexity index is 867. The normalized spacial score (nSPS) is 16.7. The van der Waals surface area contributed by atoms with Gasteiger partial charge in [0, 0.05) is 24.2 Å². The maximum absolute atomic E-state index is 4.66. The molecule has 0 amide bonds. The molecule has 1 saturated carbocycles. The van der Waals surface area contributed by atoms with Crippen molar-refractivity contribution >= 4 is 11.6 Å². The summed E-state index contributed by atoms with van der Waals surface area (Å²) in [6, 6.07) is 12.8. The Morgan fingerprint density at radius 1 is 1.15 bits per heavy atom. The van der Waals surface area contributed by atoms with Crippen molar-refractivity contribution in [3.05, 3.63) is 42.7 Å². The molecule has 0 spiro atoms. The number of benzene rings is 1. The molecule has 1 N–H and O–H groups in total. The highest BCUT2D eigenvalue weighted by Gasteiger charge is 2.25. The lowest BCUT2D eigenvalue weighted by molar-refractivity contribution is 0.179. The van der Waals surface area contributed by atoms with Gasteiger partial charge < -0.3 is 10.2 Å². The first-order valence-electron chi connectivity index (χ1n) is 9.89. The fraction of sp³-hybridized carbons (Fsp3) is 0.476. The summed E-state index contributed by atoms with van der Waals surface area (Å²) in [5, 5.41) is 8.00. The highest BCUT2D eigenvalue weighted by atomic mass is 15.4. The van der Waals surface area contributed by atoms with Crippen molar-refractivity contribution in [1.29, 1.82) is 0 Å². The summed E-state index contributed by atoms with van der Waals surface area (Å²) >= 11 is 0. The van der Waals surface area contributed by atoms with Gasteiger partial charge in [0.15, 0.2) is 0 Å². The predicted octanol–water partition coefficient (Wildman–Crippen LogP) is 3.71. The van der Waals surface area contributed by atoms with E-state index in [1.165, 1.54) is 32.1 Å². The van der Waals surface area contributed by atoms with E-state index >= 15 is 0 Å². The molecule has 142 valence electrons. The fourth-order valence-corrected chi connectivity index (χ4v) is 4.19. The van der Waals surface area contributed by atoms with Crippen LogP contribution in [0.15, 0.2) is 42.7 Å². The van der Waals surface area contributed by atoms with E-state index in [-0.39, 0.29) is 0 Å². The number of fused-ring (bicyclic) bond motifs is 1. The molecule has 0 bridgehead atoms. The van der Waals surface area contributed by atoms with Gasteiger partial charge in [0.1, 0.15) is 12.1 Å². The second-order valence-electron chi connectivity index (χ2n) is 7.67. The van der Waals surface area contributed by atoms with Crippen LogP contribution in [0.1, 0.15) is 32.1 Å². The molecule has 1 aliphatic carbocycles. The summed E-state index contributed by atoms with van der Waals surface area (Å²) in [7, 11) is 4.38. The van der Waals surface area contributed by atoms with E-state index in [1.807, 2.05) is 18.2 Å². The predicted molar refractivity (Wildman–Crippen MR) is 109 cm³/mol. The molecule has 2 heterocycles. The van der Waals surface area contributed by atoms with E-state index in [9.17, 15) is 0 Å². The van der Waals surface area contributed by atoms with Crippen molar-refractivity contribution in [2.24, 2.45) is 5.92 Å². The van der Waals surface area contributed by atoms with Gasteiger partial charge in [-0.1, -0.05) is 49.6 Å². The summed E-state index contributed by atoms with van der Waals surface area (Å²) in [5.74, 6) is 2.32. The summed E-state index contributed by atoms with van der Waals surface area (Å²) in [5.41, 5.74) is 2.00. The van der Waals surface area contributed by atoms with Crippen molar-refractivity contribution in [3.8, 4) is 11.3 Å². The number of aromatic nitrogens is 4. The Morgan fingerprint density at radius 3 is 2.67 bits per heavy atom. The molecule has 6 heteroatoms. The van der Waals surface area contributed by atoms with Crippen LogP contribution in [-0.4, -0.2) is 51.2 Å². The smallest absolute Gasteiger partial charge is 0.254 e. The summed E-state index contributed by atoms with van der Waals surface area (Å²) in [6.45, 7) is 0.894. The lowest BCUT2D eigenvalue weighted by Gasteiger charge is -2.35. The molecule has 1 unspecified atom stereocenters. The van der Waals surface area contributed by atoms with E-state index < -0.39 is 0 Å². The van der Waals surface area contributed by atoms with Crippen LogP contribution in [-0.2, 0) is 0 Å². The molecule has 1 aromatic carbocycles. The van der Waals surface area contributed by atoms with E-state index in [2.05, 4.69) is 57.6 Å². The van der Waals surface area contributed by atoms with Crippen molar-refractivity contribution in [2.75, 3.05) is 26.0 Å². The van der Waals surface area contributed by atoms with E-state index in [1.54, 1.807) is 10.8 Å². The number of rotatable bonds is 6. The number of anilines is 1. The maximum Gasteiger partial charge on any atom is 0.254 e. The second kappa shape index (κ2) is 8.05. The van der Waals surface area contributed by atoms with Gasteiger partial charge in [0.05, 0.1) is 5.69 Å². The van der Waals surface area contributed by atoms with Gasteiger partial charge in [-0.25, -0.2) is 4.98 Å². The van der Waals surface area contributed by atoms with E-state index in [4.69, 9.17) is 0 Å². The molecule has 2 aromatic heterocycles. The third-order valence-corrected chi connectivity index (χ3v) is 5.67. The van der Waals surface area contributed by atoms with Crippen molar-refractivity contribution in [3.63, 3.8) is 0 Å². The van der Waals surface area contributed by atoms with Gasteiger partial charge in [-0.2, -0.15) is 14.6 Å². The van der Waals surface area contributed by atoms with Crippen LogP contribution in [0.5, 0.6) is 0 Å². The minimum Gasteiger partial charge on any atom is -0.368 e. The molecule has 0 radical (unpaired) electrons. The van der Waals surface area contributed by atoms with Gasteiger partial charge >= 0.3 is 0 Å². The number of nitrogens with one attached hydrogen (secondary N) is 1. The molecule has 0 saturated heterocycles. The van der Waals surface area contributed by atoms with Crippen LogP contribution in [0.25, 0.3) is 17.0 Å². The monoisotopic (exact) mass is 364 g/mol. The first-order valence-corrected chi connectivity index (χ1v) is 9.89. The van der Waals surface area contributed by atoms with Gasteiger partial charge in [-0.05, 0) is 32.9 Å². The molecule has 3 aromatic rings. The topological polar surface area (TPSA) is 58.3 Å². The van der Waals surface area contributed by atoms with E-state index in [0.29, 0.717) is 11.8 Å². The minimum absolute atomic E-state index is 0.511. The molecular formula is C21H28N6. The Balaban J connectivity index is 1.59. The third-order valence-electron chi connectivity index (χ3n) is 5.67. The first kappa shape index (κ1) is 17.9. The zero-order valence-corrected chi connectivity index (χ0v) is 16.2. The third kappa shape index (κ3) is 3.95. The lowest BCUT2D eigenvalue weighted by atomic mass is 9.83. The zero-order valence-electron chi connectivity index (χ0n) is 16.2. The highest BCUT2D eigenvalue weighted by Crippen LogP contribution is 2.29. The SMILES string of the molecule is CN(C)C(CNc1cc(-c2ccccc2)nc2ncnn12)C1CCCCC1. The molecular weight excluding hydrogens is 336 g/mol. The van der Waals surface area contributed by atoms with Gasteiger partial charge in [-0.15, -0.1) is 0 Å². The summed E-state index contributed by atoms with van der Waals surface area (Å²) < 4.78 is 1.79. The number of hydrogen-bond acceptors (Lipinski definition) is 5. The molecule has 6 nitrogen and oxygen atoms in total. The molecule has 4 rings (SSSR count). The largest absolute Gasteiger partial charge is 0.368 e. The molecule has 0 aliphatic heterocycles. The Labute approximate surface area is 160 Å². The fourth-order valence-electron chi connectivity index (χ4n) is 4.19. The van der Waals surface area contributed by atoms with E-state index in [0.717, 1.165) is 29.5 Å². The Kier molecular flexibility index (Phi) is 5.34. The average Bonchev–Trinajstić information content (AvgIpc) is 3.18. The van der Waals surface area contributed by atoms with Crippen LogP contribution < -0.4 is 5.32 Å².